The largest absolute Gasteiger partial charge is 0.378 e. The van der Waals surface area contributed by atoms with Crippen LogP contribution in [0.5, 0.6) is 0 Å². The lowest BCUT2D eigenvalue weighted by atomic mass is 10.5. The Balaban J connectivity index is 1.58. The van der Waals surface area contributed by atoms with E-state index in [9.17, 15) is 0 Å². The fraction of sp³-hybridized carbons (Fsp3) is 0.385. The number of thiazole rings is 1. The van der Waals surface area contributed by atoms with Crippen LogP contribution in [0.1, 0.15) is 5.69 Å². The maximum absolute atomic E-state index is 5.36. The normalized spacial score (nSPS) is 15.7. The Bertz CT molecular complexity index is 512. The zero-order chi connectivity index (χ0) is 12.9. The molecule has 0 radical (unpaired) electrons. The summed E-state index contributed by atoms with van der Waals surface area (Å²) in [6.45, 7) is 3.50. The summed E-state index contributed by atoms with van der Waals surface area (Å²) in [5.41, 5.74) is 1.13. The van der Waals surface area contributed by atoms with Crippen molar-refractivity contribution in [3.8, 4) is 0 Å². The molecule has 1 aliphatic rings. The molecule has 3 rings (SSSR count). The number of rotatable bonds is 4. The fourth-order valence-corrected chi connectivity index (χ4v) is 3.58. The summed E-state index contributed by atoms with van der Waals surface area (Å²) in [4.78, 5) is 11.3. The summed E-state index contributed by atoms with van der Waals surface area (Å²) in [6, 6.07) is 5.97. The molecule has 3 heterocycles. The number of hydrogen-bond acceptors (Lipinski definition) is 6. The number of ether oxygens (including phenoxy) is 1. The second kappa shape index (κ2) is 6.36. The lowest BCUT2D eigenvalue weighted by molar-refractivity contribution is 0.122. The van der Waals surface area contributed by atoms with E-state index in [1.165, 1.54) is 0 Å². The molecule has 0 unspecified atom stereocenters. The van der Waals surface area contributed by atoms with Gasteiger partial charge in [0, 0.05) is 30.4 Å². The van der Waals surface area contributed by atoms with E-state index in [0.717, 1.165) is 47.9 Å². The number of thioether (sulfide) groups is 1. The van der Waals surface area contributed by atoms with Crippen molar-refractivity contribution in [1.82, 2.24) is 9.97 Å². The van der Waals surface area contributed by atoms with Gasteiger partial charge in [-0.3, -0.25) is 0 Å². The van der Waals surface area contributed by atoms with Gasteiger partial charge in [-0.1, -0.05) is 6.07 Å². The first kappa shape index (κ1) is 12.9. The quantitative estimate of drug-likeness (QED) is 0.810. The molecule has 0 N–H and O–H groups in total. The van der Waals surface area contributed by atoms with E-state index in [1.807, 2.05) is 24.4 Å². The highest BCUT2D eigenvalue weighted by Crippen LogP contribution is 2.26. The van der Waals surface area contributed by atoms with E-state index < -0.39 is 0 Å². The highest BCUT2D eigenvalue weighted by Gasteiger charge is 2.14. The lowest BCUT2D eigenvalue weighted by Crippen LogP contribution is -2.36. The molecular formula is C13H15N3OS2. The van der Waals surface area contributed by atoms with Crippen LogP contribution in [0.15, 0.2) is 34.8 Å². The molecule has 0 saturated carbocycles. The van der Waals surface area contributed by atoms with Crippen LogP contribution in [0, 0.1) is 0 Å². The van der Waals surface area contributed by atoms with Crippen molar-refractivity contribution in [3.05, 3.63) is 35.5 Å². The summed E-state index contributed by atoms with van der Waals surface area (Å²) in [5, 5.41) is 4.30. The first-order chi connectivity index (χ1) is 9.42. The summed E-state index contributed by atoms with van der Waals surface area (Å²) in [6.07, 6.45) is 1.82. The zero-order valence-corrected chi connectivity index (χ0v) is 12.1. The van der Waals surface area contributed by atoms with Crippen molar-refractivity contribution in [3.63, 3.8) is 0 Å². The van der Waals surface area contributed by atoms with Gasteiger partial charge in [-0.2, -0.15) is 0 Å². The molecule has 100 valence electrons. The van der Waals surface area contributed by atoms with Crippen LogP contribution in [-0.2, 0) is 10.5 Å². The third-order valence-corrected chi connectivity index (χ3v) is 4.75. The monoisotopic (exact) mass is 293 g/mol. The van der Waals surface area contributed by atoms with Crippen LogP contribution in [0.2, 0.25) is 0 Å². The lowest BCUT2D eigenvalue weighted by Gasteiger charge is -2.26. The van der Waals surface area contributed by atoms with Gasteiger partial charge in [-0.25, -0.2) is 9.97 Å². The maximum atomic E-state index is 5.36. The summed E-state index contributed by atoms with van der Waals surface area (Å²) >= 11 is 3.44. The Morgan fingerprint density at radius 2 is 2.21 bits per heavy atom. The average molecular weight is 293 g/mol. The van der Waals surface area contributed by atoms with Crippen LogP contribution >= 0.6 is 23.1 Å². The maximum Gasteiger partial charge on any atom is 0.185 e. The van der Waals surface area contributed by atoms with Gasteiger partial charge in [-0.05, 0) is 12.1 Å². The molecule has 6 heteroatoms. The van der Waals surface area contributed by atoms with Crippen LogP contribution in [0.4, 0.5) is 5.13 Å². The number of nitrogens with zero attached hydrogens (tertiary/aromatic N) is 3. The molecule has 1 saturated heterocycles. The van der Waals surface area contributed by atoms with Gasteiger partial charge in [0.25, 0.3) is 0 Å². The molecule has 2 aromatic rings. The van der Waals surface area contributed by atoms with Crippen molar-refractivity contribution in [2.24, 2.45) is 0 Å². The zero-order valence-electron chi connectivity index (χ0n) is 10.5. The number of aromatic nitrogens is 2. The number of anilines is 1. The first-order valence-corrected chi connectivity index (χ1v) is 8.09. The Hall–Kier alpha value is -1.11. The first-order valence-electron chi connectivity index (χ1n) is 6.23. The summed E-state index contributed by atoms with van der Waals surface area (Å²) < 4.78 is 5.36. The van der Waals surface area contributed by atoms with E-state index in [-0.39, 0.29) is 0 Å². The molecule has 19 heavy (non-hydrogen) atoms. The molecule has 0 spiro atoms. The van der Waals surface area contributed by atoms with Crippen molar-refractivity contribution < 1.29 is 4.74 Å². The summed E-state index contributed by atoms with van der Waals surface area (Å²) in [5.74, 6) is 0.873. The van der Waals surface area contributed by atoms with Crippen molar-refractivity contribution >= 4 is 28.2 Å². The highest BCUT2D eigenvalue weighted by atomic mass is 32.2. The standard InChI is InChI=1S/C13H15N3OS2/c1-2-4-14-12(3-1)18-9-11-10-19-13(15-11)16-5-7-17-8-6-16/h1-4,10H,5-9H2. The van der Waals surface area contributed by atoms with Crippen molar-refractivity contribution in [2.75, 3.05) is 31.2 Å². The molecule has 0 bridgehead atoms. The SMILES string of the molecule is c1ccc(SCc2csc(N3CCOCC3)n2)nc1. The Kier molecular flexibility index (Phi) is 4.32. The topological polar surface area (TPSA) is 38.2 Å². The number of pyridine rings is 1. The van der Waals surface area contributed by atoms with Gasteiger partial charge in [0.05, 0.1) is 23.9 Å². The van der Waals surface area contributed by atoms with E-state index >= 15 is 0 Å². The second-order valence-corrected chi connectivity index (χ2v) is 6.01. The summed E-state index contributed by atoms with van der Waals surface area (Å²) in [7, 11) is 0. The number of hydrogen-bond donors (Lipinski definition) is 0. The minimum atomic E-state index is 0.803. The molecule has 4 nitrogen and oxygen atoms in total. The average Bonchev–Trinajstić information content (AvgIpc) is 2.96. The van der Waals surface area contributed by atoms with Gasteiger partial charge in [0.15, 0.2) is 5.13 Å². The van der Waals surface area contributed by atoms with Crippen LogP contribution in [0.3, 0.4) is 0 Å². The second-order valence-electron chi connectivity index (χ2n) is 4.18. The predicted molar refractivity (Wildman–Crippen MR) is 78.9 cm³/mol. The smallest absolute Gasteiger partial charge is 0.185 e. The molecule has 0 aliphatic carbocycles. The van der Waals surface area contributed by atoms with Gasteiger partial charge in [0.1, 0.15) is 0 Å². The van der Waals surface area contributed by atoms with Gasteiger partial charge in [-0.15, -0.1) is 23.1 Å². The molecule has 1 aliphatic heterocycles. The van der Waals surface area contributed by atoms with E-state index in [2.05, 4.69) is 20.2 Å². The predicted octanol–water partition coefficient (Wildman–Crippen LogP) is 2.67. The minimum absolute atomic E-state index is 0.803. The van der Waals surface area contributed by atoms with Gasteiger partial charge >= 0.3 is 0 Å². The Morgan fingerprint density at radius 1 is 1.32 bits per heavy atom. The third kappa shape index (κ3) is 3.46. The molecule has 0 aromatic carbocycles. The highest BCUT2D eigenvalue weighted by molar-refractivity contribution is 7.98. The van der Waals surface area contributed by atoms with E-state index in [1.54, 1.807) is 23.1 Å². The minimum Gasteiger partial charge on any atom is -0.378 e. The molecule has 0 atom stereocenters. The Morgan fingerprint density at radius 3 is 3.00 bits per heavy atom. The van der Waals surface area contributed by atoms with Crippen molar-refractivity contribution in [1.29, 1.82) is 0 Å². The van der Waals surface area contributed by atoms with E-state index in [4.69, 9.17) is 4.74 Å². The van der Waals surface area contributed by atoms with Crippen LogP contribution in [-0.4, -0.2) is 36.3 Å². The van der Waals surface area contributed by atoms with Gasteiger partial charge < -0.3 is 9.64 Å². The molecule has 1 fully saturated rings. The van der Waals surface area contributed by atoms with Crippen molar-refractivity contribution in [2.45, 2.75) is 10.8 Å². The van der Waals surface area contributed by atoms with Crippen LogP contribution < -0.4 is 4.90 Å². The molecular weight excluding hydrogens is 278 g/mol. The Labute approximate surface area is 120 Å². The van der Waals surface area contributed by atoms with Crippen LogP contribution in [0.25, 0.3) is 0 Å². The third-order valence-electron chi connectivity index (χ3n) is 2.83. The van der Waals surface area contributed by atoms with Gasteiger partial charge in [0.2, 0.25) is 0 Å². The fourth-order valence-electron chi connectivity index (χ4n) is 1.84. The van der Waals surface area contributed by atoms with E-state index in [0.29, 0.717) is 0 Å². The molecule has 2 aromatic heterocycles. The number of morpholine rings is 1. The molecule has 0 amide bonds.